The zero-order valence-corrected chi connectivity index (χ0v) is 15.3. The van der Waals surface area contributed by atoms with Gasteiger partial charge in [0.25, 0.3) is 0 Å². The third-order valence-corrected chi connectivity index (χ3v) is 5.56. The van der Waals surface area contributed by atoms with Crippen LogP contribution in [0.4, 0.5) is 5.69 Å². The van der Waals surface area contributed by atoms with Gasteiger partial charge in [0.15, 0.2) is 10.9 Å². The highest BCUT2D eigenvalue weighted by molar-refractivity contribution is 7.80. The number of piperidine rings is 2. The van der Waals surface area contributed by atoms with Gasteiger partial charge in [-0.15, -0.1) is 0 Å². The minimum absolute atomic E-state index is 0.0870. The van der Waals surface area contributed by atoms with Crippen LogP contribution in [0.5, 0.6) is 0 Å². The van der Waals surface area contributed by atoms with Gasteiger partial charge in [0.2, 0.25) is 0 Å². The highest BCUT2D eigenvalue weighted by Crippen LogP contribution is 2.21. The number of nitrogens with one attached hydrogen (secondary N) is 1. The first-order valence-electron chi connectivity index (χ1n) is 9.04. The van der Waals surface area contributed by atoms with Crippen LogP contribution in [0.15, 0.2) is 24.3 Å². The standard InChI is InChI=1S/C19H27N3OS/c1-15(23)16-5-7-17(8-6-16)20-19(24)22-13-9-18(10-14-22)21-11-3-2-4-12-21/h5-8,18H,2-4,9-14H2,1H3,(H,20,24). The first-order chi connectivity index (χ1) is 11.6. The van der Waals surface area contributed by atoms with E-state index in [1.807, 2.05) is 24.3 Å². The monoisotopic (exact) mass is 345 g/mol. The van der Waals surface area contributed by atoms with E-state index < -0.39 is 0 Å². The summed E-state index contributed by atoms with van der Waals surface area (Å²) in [6, 6.07) is 8.26. The SMILES string of the molecule is CC(=O)c1ccc(NC(=S)N2CCC(N3CCCCC3)CC2)cc1. The first-order valence-corrected chi connectivity index (χ1v) is 9.45. The van der Waals surface area contributed by atoms with Gasteiger partial charge in [0.05, 0.1) is 0 Å². The Hall–Kier alpha value is -1.46. The number of ketones is 1. The molecule has 2 saturated heterocycles. The second kappa shape index (κ2) is 8.08. The molecule has 1 aromatic rings. The summed E-state index contributed by atoms with van der Waals surface area (Å²) >= 11 is 5.57. The van der Waals surface area contributed by atoms with E-state index in [0.29, 0.717) is 0 Å². The molecule has 1 N–H and O–H groups in total. The van der Waals surface area contributed by atoms with Crippen LogP contribution in [0, 0.1) is 0 Å². The summed E-state index contributed by atoms with van der Waals surface area (Å²) in [5.74, 6) is 0.0870. The van der Waals surface area contributed by atoms with Gasteiger partial charge in [0.1, 0.15) is 0 Å². The number of rotatable bonds is 3. The molecule has 24 heavy (non-hydrogen) atoms. The lowest BCUT2D eigenvalue weighted by Gasteiger charge is -2.41. The van der Waals surface area contributed by atoms with Crippen LogP contribution in [0.3, 0.4) is 0 Å². The van der Waals surface area contributed by atoms with Crippen LogP contribution in [-0.4, -0.2) is 52.9 Å². The molecule has 3 rings (SSSR count). The van der Waals surface area contributed by atoms with Crippen LogP contribution >= 0.6 is 12.2 Å². The zero-order chi connectivity index (χ0) is 16.9. The second-order valence-electron chi connectivity index (χ2n) is 6.88. The van der Waals surface area contributed by atoms with E-state index in [-0.39, 0.29) is 5.78 Å². The van der Waals surface area contributed by atoms with E-state index in [0.717, 1.165) is 35.5 Å². The fourth-order valence-electron chi connectivity index (χ4n) is 3.71. The summed E-state index contributed by atoms with van der Waals surface area (Å²) in [5.41, 5.74) is 1.68. The molecule has 0 radical (unpaired) electrons. The highest BCUT2D eigenvalue weighted by Gasteiger charge is 2.26. The largest absolute Gasteiger partial charge is 0.349 e. The van der Waals surface area contributed by atoms with Gasteiger partial charge in [-0.05, 0) is 82.2 Å². The van der Waals surface area contributed by atoms with Crippen molar-refractivity contribution in [3.05, 3.63) is 29.8 Å². The van der Waals surface area contributed by atoms with Crippen LogP contribution in [0.25, 0.3) is 0 Å². The molecule has 2 heterocycles. The predicted octanol–water partition coefficient (Wildman–Crippen LogP) is 3.54. The summed E-state index contributed by atoms with van der Waals surface area (Å²) in [5, 5.41) is 4.10. The van der Waals surface area contributed by atoms with E-state index in [2.05, 4.69) is 15.1 Å². The van der Waals surface area contributed by atoms with Crippen molar-refractivity contribution in [1.29, 1.82) is 0 Å². The van der Waals surface area contributed by atoms with Gasteiger partial charge >= 0.3 is 0 Å². The van der Waals surface area contributed by atoms with Crippen molar-refractivity contribution in [1.82, 2.24) is 9.80 Å². The van der Waals surface area contributed by atoms with Gasteiger partial charge in [-0.2, -0.15) is 0 Å². The topological polar surface area (TPSA) is 35.6 Å². The molecule has 0 aliphatic carbocycles. The van der Waals surface area contributed by atoms with Crippen LogP contribution in [0.1, 0.15) is 49.4 Å². The smallest absolute Gasteiger partial charge is 0.173 e. The van der Waals surface area contributed by atoms with Gasteiger partial charge in [-0.25, -0.2) is 0 Å². The van der Waals surface area contributed by atoms with Crippen molar-refractivity contribution >= 4 is 28.8 Å². The number of Topliss-reactive ketones (excluding diaryl/α,β-unsaturated/α-hetero) is 1. The summed E-state index contributed by atoms with van der Waals surface area (Å²) in [6.45, 7) is 6.18. The van der Waals surface area contributed by atoms with E-state index in [9.17, 15) is 4.79 Å². The number of likely N-dealkylation sites (tertiary alicyclic amines) is 2. The maximum atomic E-state index is 11.3. The Morgan fingerprint density at radius 1 is 1.04 bits per heavy atom. The molecule has 5 heteroatoms. The molecule has 1 aromatic carbocycles. The lowest BCUT2D eigenvalue weighted by molar-refractivity contribution is 0.101. The molecule has 0 unspecified atom stereocenters. The van der Waals surface area contributed by atoms with Gasteiger partial charge in [-0.1, -0.05) is 6.42 Å². The number of benzene rings is 1. The minimum atomic E-state index is 0.0870. The molecule has 130 valence electrons. The predicted molar refractivity (Wildman–Crippen MR) is 103 cm³/mol. The third kappa shape index (κ3) is 4.33. The number of carbonyl (C=O) groups excluding carboxylic acids is 1. The molecule has 0 aromatic heterocycles. The summed E-state index contributed by atoms with van der Waals surface area (Å²) in [7, 11) is 0. The fraction of sp³-hybridized carbons (Fsp3) is 0.579. The van der Waals surface area contributed by atoms with Crippen molar-refractivity contribution in [2.75, 3.05) is 31.5 Å². The normalized spacial score (nSPS) is 20.0. The average Bonchev–Trinajstić information content (AvgIpc) is 2.63. The summed E-state index contributed by atoms with van der Waals surface area (Å²) in [4.78, 5) is 16.3. The van der Waals surface area contributed by atoms with Gasteiger partial charge in [0, 0.05) is 30.4 Å². The molecular formula is C19H27N3OS. The average molecular weight is 346 g/mol. The zero-order valence-electron chi connectivity index (χ0n) is 14.5. The molecule has 0 atom stereocenters. The molecule has 0 saturated carbocycles. The number of nitrogens with zero attached hydrogens (tertiary/aromatic N) is 2. The van der Waals surface area contributed by atoms with E-state index in [4.69, 9.17) is 12.2 Å². The molecule has 2 fully saturated rings. The van der Waals surface area contributed by atoms with Crippen LogP contribution in [-0.2, 0) is 0 Å². The maximum absolute atomic E-state index is 11.3. The lowest BCUT2D eigenvalue weighted by Crippen LogP contribution is -2.49. The van der Waals surface area contributed by atoms with E-state index in [1.165, 1.54) is 45.2 Å². The summed E-state index contributed by atoms with van der Waals surface area (Å²) < 4.78 is 0. The quantitative estimate of drug-likeness (QED) is 0.670. The minimum Gasteiger partial charge on any atom is -0.349 e. The third-order valence-electron chi connectivity index (χ3n) is 5.20. The second-order valence-corrected chi connectivity index (χ2v) is 7.27. The Bertz CT molecular complexity index is 573. The maximum Gasteiger partial charge on any atom is 0.173 e. The Morgan fingerprint density at radius 2 is 1.67 bits per heavy atom. The first kappa shape index (κ1) is 17.4. The van der Waals surface area contributed by atoms with Crippen molar-refractivity contribution < 1.29 is 4.79 Å². The van der Waals surface area contributed by atoms with Crippen LogP contribution < -0.4 is 5.32 Å². The van der Waals surface area contributed by atoms with E-state index in [1.54, 1.807) is 6.92 Å². The molecule has 0 bridgehead atoms. The highest BCUT2D eigenvalue weighted by atomic mass is 32.1. The van der Waals surface area contributed by atoms with Crippen LogP contribution in [0.2, 0.25) is 0 Å². The Balaban J connectivity index is 1.48. The number of anilines is 1. The van der Waals surface area contributed by atoms with Crippen molar-refractivity contribution in [3.8, 4) is 0 Å². The Kier molecular flexibility index (Phi) is 5.85. The van der Waals surface area contributed by atoms with Crippen molar-refractivity contribution in [3.63, 3.8) is 0 Å². The molecule has 4 nitrogen and oxygen atoms in total. The molecule has 0 spiro atoms. The van der Waals surface area contributed by atoms with E-state index >= 15 is 0 Å². The Morgan fingerprint density at radius 3 is 2.25 bits per heavy atom. The molecule has 2 aliphatic heterocycles. The van der Waals surface area contributed by atoms with Crippen molar-refractivity contribution in [2.45, 2.75) is 45.1 Å². The lowest BCUT2D eigenvalue weighted by atomic mass is 10.0. The molecule has 2 aliphatic rings. The number of carbonyl (C=O) groups is 1. The number of hydrogen-bond donors (Lipinski definition) is 1. The Labute approximate surface area is 150 Å². The fourth-order valence-corrected chi connectivity index (χ4v) is 4.01. The van der Waals surface area contributed by atoms with Gasteiger partial charge in [-0.3, -0.25) is 4.79 Å². The molecular weight excluding hydrogens is 318 g/mol. The summed E-state index contributed by atoms with van der Waals surface area (Å²) in [6.07, 6.45) is 6.51. The van der Waals surface area contributed by atoms with Gasteiger partial charge < -0.3 is 15.1 Å². The van der Waals surface area contributed by atoms with Crippen molar-refractivity contribution in [2.24, 2.45) is 0 Å². The molecule has 0 amide bonds. The number of hydrogen-bond acceptors (Lipinski definition) is 3. The number of thiocarbonyl (C=S) groups is 1.